The number of aliphatic hydroxyl groups excluding tert-OH is 1. The summed E-state index contributed by atoms with van der Waals surface area (Å²) >= 11 is 0. The van der Waals surface area contributed by atoms with Crippen LogP contribution in [0.3, 0.4) is 0 Å². The first-order valence-electron chi connectivity index (χ1n) is 4.98. The Kier molecular flexibility index (Phi) is 4.32. The van der Waals surface area contributed by atoms with E-state index in [4.69, 9.17) is 9.84 Å². The number of para-hydroxylation sites is 1. The van der Waals surface area contributed by atoms with Gasteiger partial charge < -0.3 is 9.84 Å². The molecular formula is C11H16O4S. The van der Waals surface area contributed by atoms with E-state index < -0.39 is 9.84 Å². The minimum absolute atomic E-state index is 0.0795. The number of rotatable bonds is 5. The summed E-state index contributed by atoms with van der Waals surface area (Å²) in [5.41, 5.74) is 0. The molecule has 0 spiro atoms. The molecule has 1 atom stereocenters. The minimum Gasteiger partial charge on any atom is -0.495 e. The van der Waals surface area contributed by atoms with Gasteiger partial charge in [0.05, 0.1) is 12.9 Å². The molecule has 0 saturated heterocycles. The molecule has 1 rings (SSSR count). The summed E-state index contributed by atoms with van der Waals surface area (Å²) < 4.78 is 29.0. The number of ether oxygens (including phenoxy) is 1. The summed E-state index contributed by atoms with van der Waals surface area (Å²) in [6.45, 7) is 1.54. The highest BCUT2D eigenvalue weighted by Gasteiger charge is 2.21. The fraction of sp³-hybridized carbons (Fsp3) is 0.455. The van der Waals surface area contributed by atoms with Crippen LogP contribution >= 0.6 is 0 Å². The fourth-order valence-corrected chi connectivity index (χ4v) is 3.17. The van der Waals surface area contributed by atoms with Crippen molar-refractivity contribution in [3.63, 3.8) is 0 Å². The minimum atomic E-state index is -3.40. The van der Waals surface area contributed by atoms with Crippen LogP contribution in [0.4, 0.5) is 0 Å². The Bertz CT molecular complexity index is 439. The second-order valence-electron chi connectivity index (χ2n) is 3.72. The molecule has 0 saturated carbocycles. The Morgan fingerprint density at radius 2 is 2.00 bits per heavy atom. The van der Waals surface area contributed by atoms with Crippen molar-refractivity contribution in [1.82, 2.24) is 0 Å². The van der Waals surface area contributed by atoms with Gasteiger partial charge in [-0.3, -0.25) is 0 Å². The van der Waals surface area contributed by atoms with E-state index in [1.807, 2.05) is 0 Å². The second kappa shape index (κ2) is 5.32. The largest absolute Gasteiger partial charge is 0.495 e. The first kappa shape index (κ1) is 13.0. The molecule has 0 heterocycles. The molecule has 4 nitrogen and oxygen atoms in total. The Morgan fingerprint density at radius 1 is 1.38 bits per heavy atom. The average molecular weight is 244 g/mol. The van der Waals surface area contributed by atoms with Gasteiger partial charge in [0.2, 0.25) is 0 Å². The van der Waals surface area contributed by atoms with E-state index in [-0.39, 0.29) is 23.2 Å². The number of methoxy groups -OCH3 is 1. The quantitative estimate of drug-likeness (QED) is 0.842. The highest BCUT2D eigenvalue weighted by atomic mass is 32.2. The Morgan fingerprint density at radius 3 is 2.56 bits per heavy atom. The Hall–Kier alpha value is -1.07. The molecule has 0 amide bonds. The topological polar surface area (TPSA) is 63.6 Å². The molecule has 1 N–H and O–H groups in total. The molecular weight excluding hydrogens is 228 g/mol. The third kappa shape index (κ3) is 2.96. The van der Waals surface area contributed by atoms with Crippen molar-refractivity contribution in [3.8, 4) is 5.75 Å². The van der Waals surface area contributed by atoms with E-state index >= 15 is 0 Å². The Labute approximate surface area is 95.8 Å². The van der Waals surface area contributed by atoms with E-state index in [9.17, 15) is 8.42 Å². The van der Waals surface area contributed by atoms with Gasteiger partial charge in [0.25, 0.3) is 0 Å². The molecule has 0 fully saturated rings. The lowest BCUT2D eigenvalue weighted by atomic mass is 10.2. The van der Waals surface area contributed by atoms with Crippen LogP contribution in [0.1, 0.15) is 6.92 Å². The maximum absolute atomic E-state index is 12.0. The van der Waals surface area contributed by atoms with Crippen LogP contribution in [0.25, 0.3) is 0 Å². The molecule has 0 aromatic heterocycles. The van der Waals surface area contributed by atoms with Crippen molar-refractivity contribution in [2.24, 2.45) is 5.92 Å². The zero-order chi connectivity index (χ0) is 12.2. The zero-order valence-electron chi connectivity index (χ0n) is 9.38. The van der Waals surface area contributed by atoms with E-state index in [0.29, 0.717) is 5.75 Å². The fourth-order valence-electron chi connectivity index (χ4n) is 1.39. The first-order valence-corrected chi connectivity index (χ1v) is 6.63. The van der Waals surface area contributed by atoms with Crippen molar-refractivity contribution in [2.45, 2.75) is 11.8 Å². The smallest absolute Gasteiger partial charge is 0.182 e. The van der Waals surface area contributed by atoms with Gasteiger partial charge in [0.1, 0.15) is 10.6 Å². The number of sulfone groups is 1. The van der Waals surface area contributed by atoms with Crippen LogP contribution < -0.4 is 4.74 Å². The number of aliphatic hydroxyl groups is 1. The molecule has 0 aliphatic rings. The molecule has 0 radical (unpaired) electrons. The molecule has 16 heavy (non-hydrogen) atoms. The van der Waals surface area contributed by atoms with Crippen molar-refractivity contribution >= 4 is 9.84 Å². The lowest BCUT2D eigenvalue weighted by Crippen LogP contribution is -2.17. The van der Waals surface area contributed by atoms with E-state index in [0.717, 1.165) is 0 Å². The highest BCUT2D eigenvalue weighted by molar-refractivity contribution is 7.91. The second-order valence-corrected chi connectivity index (χ2v) is 5.72. The summed E-state index contributed by atoms with van der Waals surface area (Å²) in [4.78, 5) is 0.179. The maximum Gasteiger partial charge on any atom is 0.182 e. The van der Waals surface area contributed by atoms with Gasteiger partial charge >= 0.3 is 0 Å². The summed E-state index contributed by atoms with van der Waals surface area (Å²) in [6, 6.07) is 6.49. The van der Waals surface area contributed by atoms with Crippen LogP contribution in [0.2, 0.25) is 0 Å². The van der Waals surface area contributed by atoms with Crippen molar-refractivity contribution in [3.05, 3.63) is 24.3 Å². The molecule has 0 aliphatic carbocycles. The SMILES string of the molecule is COc1ccccc1S(=O)(=O)CC(C)CO. The predicted octanol–water partition coefficient (Wildman–Crippen LogP) is 1.10. The maximum atomic E-state index is 12.0. The number of hydrogen-bond acceptors (Lipinski definition) is 4. The summed E-state index contributed by atoms with van der Waals surface area (Å²) in [5, 5.41) is 8.88. The standard InChI is InChI=1S/C11H16O4S/c1-9(7-12)8-16(13,14)11-6-4-3-5-10(11)15-2/h3-6,9,12H,7-8H2,1-2H3. The van der Waals surface area contributed by atoms with Crippen LogP contribution in [0.5, 0.6) is 5.75 Å². The molecule has 5 heteroatoms. The van der Waals surface area contributed by atoms with Gasteiger partial charge in [-0.05, 0) is 18.1 Å². The lowest BCUT2D eigenvalue weighted by molar-refractivity contribution is 0.249. The van der Waals surface area contributed by atoms with Crippen molar-refractivity contribution < 1.29 is 18.3 Å². The van der Waals surface area contributed by atoms with Gasteiger partial charge in [-0.25, -0.2) is 8.42 Å². The van der Waals surface area contributed by atoms with E-state index in [1.165, 1.54) is 13.2 Å². The first-order chi connectivity index (χ1) is 7.51. The zero-order valence-corrected chi connectivity index (χ0v) is 10.2. The summed E-state index contributed by atoms with van der Waals surface area (Å²) in [6.07, 6.45) is 0. The Balaban J connectivity index is 3.07. The lowest BCUT2D eigenvalue weighted by Gasteiger charge is -2.11. The van der Waals surface area contributed by atoms with Crippen molar-refractivity contribution in [2.75, 3.05) is 19.5 Å². The van der Waals surface area contributed by atoms with Gasteiger partial charge in [0, 0.05) is 6.61 Å². The monoisotopic (exact) mass is 244 g/mol. The molecule has 1 aromatic rings. The molecule has 1 unspecified atom stereocenters. The summed E-state index contributed by atoms with van der Waals surface area (Å²) in [7, 11) is -1.97. The molecule has 1 aromatic carbocycles. The third-order valence-corrected chi connectivity index (χ3v) is 4.23. The van der Waals surface area contributed by atoms with Crippen LogP contribution in [-0.2, 0) is 9.84 Å². The molecule has 0 aliphatic heterocycles. The average Bonchev–Trinajstić information content (AvgIpc) is 2.28. The number of benzene rings is 1. The van der Waals surface area contributed by atoms with Gasteiger partial charge in [-0.15, -0.1) is 0 Å². The van der Waals surface area contributed by atoms with E-state index in [1.54, 1.807) is 25.1 Å². The van der Waals surface area contributed by atoms with Crippen molar-refractivity contribution in [1.29, 1.82) is 0 Å². The normalized spacial score (nSPS) is 13.4. The number of hydrogen-bond donors (Lipinski definition) is 1. The van der Waals surface area contributed by atoms with E-state index in [2.05, 4.69) is 0 Å². The molecule has 0 bridgehead atoms. The van der Waals surface area contributed by atoms with Crippen LogP contribution in [0.15, 0.2) is 29.2 Å². The predicted molar refractivity (Wildman–Crippen MR) is 61.3 cm³/mol. The van der Waals surface area contributed by atoms with Gasteiger partial charge in [0.15, 0.2) is 9.84 Å². The third-order valence-electron chi connectivity index (χ3n) is 2.22. The van der Waals surface area contributed by atoms with Gasteiger partial charge in [-0.1, -0.05) is 19.1 Å². The molecule has 90 valence electrons. The highest BCUT2D eigenvalue weighted by Crippen LogP contribution is 2.24. The van der Waals surface area contributed by atoms with Gasteiger partial charge in [-0.2, -0.15) is 0 Å². The van der Waals surface area contributed by atoms with Crippen LogP contribution in [0, 0.1) is 5.92 Å². The summed E-state index contributed by atoms with van der Waals surface area (Å²) in [5.74, 6) is -0.0216. The van der Waals surface area contributed by atoms with Crippen LogP contribution in [-0.4, -0.2) is 33.0 Å².